The fraction of sp³-hybridized carbons (Fsp3) is 0.562. The van der Waals surface area contributed by atoms with E-state index in [9.17, 15) is 4.79 Å². The number of nitrogens with zero attached hydrogens (tertiary/aromatic N) is 1. The molecular formula is C16H26N4O. The van der Waals surface area contributed by atoms with Crippen molar-refractivity contribution in [1.82, 2.24) is 10.2 Å². The van der Waals surface area contributed by atoms with Gasteiger partial charge in [0.1, 0.15) is 0 Å². The zero-order valence-electron chi connectivity index (χ0n) is 12.8. The van der Waals surface area contributed by atoms with E-state index in [1.165, 1.54) is 25.8 Å². The van der Waals surface area contributed by atoms with Crippen LogP contribution in [0.1, 0.15) is 43.0 Å². The summed E-state index contributed by atoms with van der Waals surface area (Å²) in [6, 6.07) is 5.65. The van der Waals surface area contributed by atoms with Crippen molar-refractivity contribution in [1.29, 1.82) is 0 Å². The van der Waals surface area contributed by atoms with Crippen LogP contribution in [0.25, 0.3) is 0 Å². The van der Waals surface area contributed by atoms with Crippen LogP contribution < -0.4 is 16.8 Å². The molecule has 1 heterocycles. The van der Waals surface area contributed by atoms with Crippen LogP contribution in [0.4, 0.5) is 11.4 Å². The Morgan fingerprint density at radius 1 is 1.38 bits per heavy atom. The molecule has 1 aromatic carbocycles. The van der Waals surface area contributed by atoms with Crippen LogP contribution >= 0.6 is 0 Å². The number of hydrogen-bond donors (Lipinski definition) is 3. The molecule has 5 heteroatoms. The van der Waals surface area contributed by atoms with Crippen molar-refractivity contribution in [2.45, 2.75) is 38.6 Å². The molecule has 5 nitrogen and oxygen atoms in total. The van der Waals surface area contributed by atoms with E-state index in [0.717, 1.165) is 13.0 Å². The minimum atomic E-state index is -0.126. The lowest BCUT2D eigenvalue weighted by molar-refractivity contribution is 0.0950. The van der Waals surface area contributed by atoms with E-state index < -0.39 is 0 Å². The van der Waals surface area contributed by atoms with Crippen molar-refractivity contribution in [2.75, 3.05) is 31.1 Å². The van der Waals surface area contributed by atoms with Gasteiger partial charge in [-0.05, 0) is 50.9 Å². The summed E-state index contributed by atoms with van der Waals surface area (Å²) in [6.45, 7) is 5.18. The number of hydrogen-bond acceptors (Lipinski definition) is 4. The summed E-state index contributed by atoms with van der Waals surface area (Å²) in [4.78, 5) is 14.6. The second-order valence-electron chi connectivity index (χ2n) is 5.84. The first-order valence-electron chi connectivity index (χ1n) is 7.75. The van der Waals surface area contributed by atoms with Gasteiger partial charge in [0.2, 0.25) is 0 Å². The Kier molecular flexibility index (Phi) is 5.44. The Balaban J connectivity index is 1.74. The summed E-state index contributed by atoms with van der Waals surface area (Å²) in [5.41, 5.74) is 12.9. The number of anilines is 2. The molecule has 1 aromatic rings. The van der Waals surface area contributed by atoms with Crippen LogP contribution in [0.2, 0.25) is 0 Å². The van der Waals surface area contributed by atoms with Gasteiger partial charge < -0.3 is 21.7 Å². The Morgan fingerprint density at radius 2 is 2.19 bits per heavy atom. The van der Waals surface area contributed by atoms with Gasteiger partial charge in [-0.15, -0.1) is 0 Å². The number of carbonyl (C=O) groups excluding carboxylic acids is 1. The quantitative estimate of drug-likeness (QED) is 0.571. The summed E-state index contributed by atoms with van der Waals surface area (Å²) in [7, 11) is 0. The van der Waals surface area contributed by atoms with Crippen LogP contribution in [0.15, 0.2) is 18.2 Å². The second kappa shape index (κ2) is 7.31. The summed E-state index contributed by atoms with van der Waals surface area (Å²) >= 11 is 0. The Morgan fingerprint density at radius 3 is 2.90 bits per heavy atom. The Bertz CT molecular complexity index is 489. The molecule has 1 fully saturated rings. The average molecular weight is 290 g/mol. The smallest absolute Gasteiger partial charge is 0.253 e. The Hall–Kier alpha value is -1.75. The van der Waals surface area contributed by atoms with Gasteiger partial charge in [-0.1, -0.05) is 6.42 Å². The zero-order valence-corrected chi connectivity index (χ0v) is 12.8. The van der Waals surface area contributed by atoms with Gasteiger partial charge in [-0.3, -0.25) is 4.79 Å². The molecule has 1 saturated heterocycles. The highest BCUT2D eigenvalue weighted by atomic mass is 16.1. The van der Waals surface area contributed by atoms with Crippen LogP contribution in [0.3, 0.4) is 0 Å². The van der Waals surface area contributed by atoms with Crippen LogP contribution in [0, 0.1) is 0 Å². The molecule has 1 unspecified atom stereocenters. The summed E-state index contributed by atoms with van der Waals surface area (Å²) in [5, 5.41) is 2.93. The molecule has 1 aliphatic rings. The minimum absolute atomic E-state index is 0.126. The maximum absolute atomic E-state index is 12.0. The fourth-order valence-electron chi connectivity index (χ4n) is 2.86. The second-order valence-corrected chi connectivity index (χ2v) is 5.84. The maximum atomic E-state index is 12.0. The number of benzene rings is 1. The van der Waals surface area contributed by atoms with Crippen molar-refractivity contribution < 1.29 is 4.79 Å². The molecule has 1 atom stereocenters. The lowest BCUT2D eigenvalue weighted by Crippen LogP contribution is -2.39. The van der Waals surface area contributed by atoms with Gasteiger partial charge in [-0.2, -0.15) is 0 Å². The highest BCUT2D eigenvalue weighted by molar-refractivity contribution is 5.99. The zero-order chi connectivity index (χ0) is 15.2. The number of rotatable bonds is 5. The summed E-state index contributed by atoms with van der Waals surface area (Å²) < 4.78 is 0. The van der Waals surface area contributed by atoms with Crippen molar-refractivity contribution in [2.24, 2.45) is 0 Å². The van der Waals surface area contributed by atoms with E-state index in [1.54, 1.807) is 18.2 Å². The largest absolute Gasteiger partial charge is 0.399 e. The predicted molar refractivity (Wildman–Crippen MR) is 87.1 cm³/mol. The molecule has 0 saturated carbocycles. The molecule has 0 aliphatic carbocycles. The first kappa shape index (κ1) is 15.6. The topological polar surface area (TPSA) is 84.4 Å². The number of nitrogens with two attached hydrogens (primary N) is 2. The highest BCUT2D eigenvalue weighted by Crippen LogP contribution is 2.17. The predicted octanol–water partition coefficient (Wildman–Crippen LogP) is 1.85. The molecule has 0 radical (unpaired) electrons. The minimum Gasteiger partial charge on any atom is -0.399 e. The van der Waals surface area contributed by atoms with Crippen LogP contribution in [0.5, 0.6) is 0 Å². The number of nitrogens with one attached hydrogen (secondary N) is 1. The van der Waals surface area contributed by atoms with Crippen LogP contribution in [-0.4, -0.2) is 36.5 Å². The molecule has 1 aliphatic heterocycles. The average Bonchev–Trinajstić information content (AvgIpc) is 2.45. The van der Waals surface area contributed by atoms with Gasteiger partial charge in [-0.25, -0.2) is 0 Å². The third-order valence-electron chi connectivity index (χ3n) is 4.17. The number of likely N-dealkylation sites (tertiary alicyclic amines) is 1. The first-order chi connectivity index (χ1) is 10.1. The van der Waals surface area contributed by atoms with E-state index in [4.69, 9.17) is 11.5 Å². The molecule has 0 bridgehead atoms. The van der Waals surface area contributed by atoms with E-state index in [-0.39, 0.29) is 5.91 Å². The molecule has 2 rings (SSSR count). The maximum Gasteiger partial charge on any atom is 0.253 e. The lowest BCUT2D eigenvalue weighted by atomic mass is 10.0. The van der Waals surface area contributed by atoms with E-state index >= 15 is 0 Å². The van der Waals surface area contributed by atoms with E-state index in [1.807, 2.05) is 0 Å². The monoisotopic (exact) mass is 290 g/mol. The third kappa shape index (κ3) is 4.36. The van der Waals surface area contributed by atoms with E-state index in [2.05, 4.69) is 17.1 Å². The number of nitrogen functional groups attached to an aromatic ring is 2. The molecular weight excluding hydrogens is 264 g/mol. The Labute approximate surface area is 126 Å². The van der Waals surface area contributed by atoms with Gasteiger partial charge in [0.25, 0.3) is 5.91 Å². The SMILES string of the molecule is CC1CCCCN1CCCNC(=O)c1ccc(N)cc1N. The van der Waals surface area contributed by atoms with Crippen molar-refractivity contribution in [3.05, 3.63) is 23.8 Å². The highest BCUT2D eigenvalue weighted by Gasteiger charge is 2.17. The fourth-order valence-corrected chi connectivity index (χ4v) is 2.86. The summed E-state index contributed by atoms with van der Waals surface area (Å²) in [6.07, 6.45) is 4.88. The standard InChI is InChI=1S/C16H26N4O/c1-12-5-2-3-9-20(12)10-4-8-19-16(21)14-7-6-13(17)11-15(14)18/h6-7,11-12H,2-5,8-10,17-18H2,1H3,(H,19,21). The van der Waals surface area contributed by atoms with Gasteiger partial charge in [0.05, 0.1) is 5.56 Å². The van der Waals surface area contributed by atoms with Crippen LogP contribution in [-0.2, 0) is 0 Å². The number of amides is 1. The third-order valence-corrected chi connectivity index (χ3v) is 4.17. The van der Waals surface area contributed by atoms with Crippen molar-refractivity contribution >= 4 is 17.3 Å². The molecule has 0 spiro atoms. The summed E-state index contributed by atoms with van der Waals surface area (Å²) in [5.74, 6) is -0.126. The molecule has 21 heavy (non-hydrogen) atoms. The number of piperidine rings is 1. The lowest BCUT2D eigenvalue weighted by Gasteiger charge is -2.33. The molecule has 0 aromatic heterocycles. The van der Waals surface area contributed by atoms with Gasteiger partial charge in [0, 0.05) is 30.5 Å². The van der Waals surface area contributed by atoms with Gasteiger partial charge >= 0.3 is 0 Å². The number of carbonyl (C=O) groups is 1. The first-order valence-corrected chi connectivity index (χ1v) is 7.75. The molecule has 1 amide bonds. The normalized spacial score (nSPS) is 19.4. The van der Waals surface area contributed by atoms with E-state index in [0.29, 0.717) is 29.5 Å². The van der Waals surface area contributed by atoms with Gasteiger partial charge in [0.15, 0.2) is 0 Å². The van der Waals surface area contributed by atoms with Crippen molar-refractivity contribution in [3.63, 3.8) is 0 Å². The van der Waals surface area contributed by atoms with Crippen molar-refractivity contribution in [3.8, 4) is 0 Å². The molecule has 116 valence electrons. The molecule has 5 N–H and O–H groups in total.